The predicted octanol–water partition coefficient (Wildman–Crippen LogP) is 8.22. The summed E-state index contributed by atoms with van der Waals surface area (Å²) in [4.78, 5) is 0. The van der Waals surface area contributed by atoms with E-state index in [1.54, 1.807) is 78.9 Å². The first kappa shape index (κ1) is 33.6. The molecule has 0 aliphatic rings. The van der Waals surface area contributed by atoms with Crippen LogP contribution in [0.4, 0.5) is 0 Å². The van der Waals surface area contributed by atoms with E-state index in [0.717, 1.165) is 0 Å². The molecule has 9 aromatic rings. The van der Waals surface area contributed by atoms with Crippen LogP contribution in [0, 0.1) is 0 Å². The number of benzene rings is 8. The zero-order valence-electron chi connectivity index (χ0n) is 28.2. The van der Waals surface area contributed by atoms with Gasteiger partial charge in [-0.25, -0.2) is 0 Å². The highest BCUT2D eigenvalue weighted by molar-refractivity contribution is 6.29. The molecule has 0 saturated carbocycles. The van der Waals surface area contributed by atoms with Gasteiger partial charge in [0, 0.05) is 33.0 Å². The quantitative estimate of drug-likeness (QED) is 0.0460. The van der Waals surface area contributed by atoms with Crippen LogP contribution < -0.4 is 0 Å². The molecule has 0 aliphatic heterocycles. The molecule has 278 valence electrons. The van der Waals surface area contributed by atoms with E-state index in [1.807, 2.05) is 0 Å². The summed E-state index contributed by atoms with van der Waals surface area (Å²) in [5, 5.41) is 144. The van der Waals surface area contributed by atoms with Crippen LogP contribution in [0.5, 0.6) is 74.7 Å². The molecule has 0 fully saturated rings. The van der Waals surface area contributed by atoms with Crippen LogP contribution in [-0.2, 0) is 0 Å². The maximum absolute atomic E-state index is 12.0. The average molecular weight is 755 g/mol. The molecular formula is C42H26O14. The van der Waals surface area contributed by atoms with Crippen LogP contribution >= 0.6 is 0 Å². The molecule has 1 aromatic heterocycles. The Kier molecular flexibility index (Phi) is 6.82. The van der Waals surface area contributed by atoms with Gasteiger partial charge >= 0.3 is 0 Å². The van der Waals surface area contributed by atoms with Gasteiger partial charge in [0.25, 0.3) is 0 Å². The van der Waals surface area contributed by atoms with Gasteiger partial charge in [-0.2, -0.15) is 0 Å². The lowest BCUT2D eigenvalue weighted by molar-refractivity contribution is 0.348. The molecule has 0 spiro atoms. The Hall–Kier alpha value is -8.26. The Morgan fingerprint density at radius 1 is 0.250 bits per heavy atom. The first-order valence-corrected chi connectivity index (χ1v) is 16.6. The van der Waals surface area contributed by atoms with Crippen LogP contribution in [0.25, 0.3) is 87.6 Å². The largest absolute Gasteiger partial charge is 0.504 e. The Morgan fingerprint density at radius 3 is 1.09 bits per heavy atom. The van der Waals surface area contributed by atoms with Crippen molar-refractivity contribution in [3.05, 3.63) is 78.9 Å². The maximum Gasteiger partial charge on any atom is 0.208 e. The summed E-state index contributed by atoms with van der Waals surface area (Å²) in [7, 11) is 0. The van der Waals surface area contributed by atoms with Gasteiger partial charge in [-0.15, -0.1) is 0 Å². The summed E-state index contributed by atoms with van der Waals surface area (Å²) in [6, 6.07) is 20.7. The summed E-state index contributed by atoms with van der Waals surface area (Å²) < 4.78 is 5.66. The molecule has 0 bridgehead atoms. The minimum absolute atomic E-state index is 0.0632. The van der Waals surface area contributed by atoms with E-state index in [-0.39, 0.29) is 60.1 Å². The van der Waals surface area contributed by atoms with E-state index < -0.39 is 102 Å². The number of fused-ring (bicyclic) bond motifs is 6. The van der Waals surface area contributed by atoms with Crippen molar-refractivity contribution in [3.63, 3.8) is 0 Å². The van der Waals surface area contributed by atoms with Gasteiger partial charge in [0.05, 0.1) is 16.3 Å². The number of rotatable bonds is 3. The highest BCUT2D eigenvalue weighted by Crippen LogP contribution is 2.63. The third-order valence-corrected chi connectivity index (χ3v) is 10.3. The lowest BCUT2D eigenvalue weighted by atomic mass is 9.82. The molecule has 8 aromatic carbocycles. The minimum Gasteiger partial charge on any atom is -0.504 e. The van der Waals surface area contributed by atoms with Gasteiger partial charge in [0.1, 0.15) is 0 Å². The Labute approximate surface area is 311 Å². The Balaban J connectivity index is 1.48. The summed E-state index contributed by atoms with van der Waals surface area (Å²) in [6.07, 6.45) is 0. The molecule has 0 saturated heterocycles. The number of hydrogen-bond donors (Lipinski definition) is 13. The van der Waals surface area contributed by atoms with Crippen molar-refractivity contribution < 1.29 is 70.8 Å². The topological polar surface area (TPSA) is 276 Å². The third-order valence-electron chi connectivity index (χ3n) is 10.3. The first-order valence-electron chi connectivity index (χ1n) is 16.6. The van der Waals surface area contributed by atoms with Crippen molar-refractivity contribution >= 4 is 54.3 Å². The predicted molar refractivity (Wildman–Crippen MR) is 204 cm³/mol. The third kappa shape index (κ3) is 4.08. The van der Waals surface area contributed by atoms with Gasteiger partial charge in [-0.05, 0) is 27.1 Å². The lowest BCUT2D eigenvalue weighted by Gasteiger charge is -2.23. The molecule has 0 radical (unpaired) electrons. The van der Waals surface area contributed by atoms with E-state index in [0.29, 0.717) is 0 Å². The van der Waals surface area contributed by atoms with E-state index in [4.69, 9.17) is 4.42 Å². The Bertz CT molecular complexity index is 3160. The first-order chi connectivity index (χ1) is 26.8. The number of hydrogen-bond acceptors (Lipinski definition) is 14. The molecule has 0 aliphatic carbocycles. The molecule has 1 heterocycles. The lowest BCUT2D eigenvalue weighted by Crippen LogP contribution is -1.95. The molecule has 0 atom stereocenters. The number of phenols is 13. The highest BCUT2D eigenvalue weighted by atomic mass is 16.4. The van der Waals surface area contributed by atoms with E-state index in [9.17, 15) is 66.4 Å². The molecule has 14 heteroatoms. The minimum atomic E-state index is -1.16. The van der Waals surface area contributed by atoms with E-state index in [2.05, 4.69) is 0 Å². The zero-order valence-corrected chi connectivity index (χ0v) is 28.2. The van der Waals surface area contributed by atoms with Crippen molar-refractivity contribution in [3.8, 4) is 108 Å². The molecule has 56 heavy (non-hydrogen) atoms. The fourth-order valence-corrected chi connectivity index (χ4v) is 7.82. The Morgan fingerprint density at radius 2 is 0.589 bits per heavy atom. The smallest absolute Gasteiger partial charge is 0.208 e. The number of furan rings is 1. The van der Waals surface area contributed by atoms with Gasteiger partial charge in [0.2, 0.25) is 28.7 Å². The molecule has 0 amide bonds. The van der Waals surface area contributed by atoms with E-state index >= 15 is 0 Å². The number of aromatic hydroxyl groups is 13. The second-order valence-corrected chi connectivity index (χ2v) is 13.1. The maximum atomic E-state index is 12.0. The van der Waals surface area contributed by atoms with Crippen LogP contribution in [0.2, 0.25) is 0 Å². The highest BCUT2D eigenvalue weighted by Gasteiger charge is 2.35. The zero-order chi connectivity index (χ0) is 39.6. The van der Waals surface area contributed by atoms with Gasteiger partial charge in [-0.1, -0.05) is 78.9 Å². The summed E-state index contributed by atoms with van der Waals surface area (Å²) in [5.74, 6) is -12.7. The van der Waals surface area contributed by atoms with Gasteiger partial charge in [0.15, 0.2) is 57.2 Å². The van der Waals surface area contributed by atoms with Crippen molar-refractivity contribution in [2.24, 2.45) is 0 Å². The fraction of sp³-hybridized carbons (Fsp3) is 0. The van der Waals surface area contributed by atoms with Crippen LogP contribution in [-0.4, -0.2) is 66.4 Å². The summed E-state index contributed by atoms with van der Waals surface area (Å²) in [6.45, 7) is 0. The van der Waals surface area contributed by atoms with Crippen LogP contribution in [0.1, 0.15) is 0 Å². The van der Waals surface area contributed by atoms with Crippen molar-refractivity contribution in [2.45, 2.75) is 0 Å². The summed E-state index contributed by atoms with van der Waals surface area (Å²) in [5.41, 5.74) is -1.68. The second kappa shape index (κ2) is 11.4. The molecule has 0 unspecified atom stereocenters. The standard InChI is InChI=1S/C42H26O14/c43-28-19(14-8-2-1-3-9-14)22-24(31(46)37(52)36(51)30(22)45)23(29(28)44)20-15-10-4-6-12-17(15)21(18-13-7-5-11-16(18)20)25-32(47)33(48)26-27-34(49)38(53)39(54)40(55)42(27)56-41(26)35(25)50/h1-13,43-55H. The van der Waals surface area contributed by atoms with Crippen molar-refractivity contribution in [1.82, 2.24) is 0 Å². The van der Waals surface area contributed by atoms with Crippen molar-refractivity contribution in [2.75, 3.05) is 0 Å². The van der Waals surface area contributed by atoms with Crippen molar-refractivity contribution in [1.29, 1.82) is 0 Å². The summed E-state index contributed by atoms with van der Waals surface area (Å²) >= 11 is 0. The molecular weight excluding hydrogens is 728 g/mol. The SMILES string of the molecule is Oc1c(O)c(O)c2c(oc3c(O)c(-c4c5ccccc5c(-c5c(O)c(O)c(-c6ccccc6)c6c(O)c(O)c(O)c(O)c56)c5ccccc45)c(O)c(O)c32)c1O. The second-order valence-electron chi connectivity index (χ2n) is 13.1. The number of phenolic OH excluding ortho intramolecular Hbond substituents is 13. The van der Waals surface area contributed by atoms with Crippen LogP contribution in [0.15, 0.2) is 83.3 Å². The van der Waals surface area contributed by atoms with E-state index in [1.165, 1.54) is 0 Å². The van der Waals surface area contributed by atoms with Gasteiger partial charge in [-0.3, -0.25) is 0 Å². The normalized spacial score (nSPS) is 11.8. The molecule has 13 N–H and O–H groups in total. The molecule has 9 rings (SSSR count). The fourth-order valence-electron chi connectivity index (χ4n) is 7.82. The van der Waals surface area contributed by atoms with Gasteiger partial charge < -0.3 is 70.8 Å². The van der Waals surface area contributed by atoms with Crippen LogP contribution in [0.3, 0.4) is 0 Å². The monoisotopic (exact) mass is 754 g/mol. The average Bonchev–Trinajstić information content (AvgIpc) is 3.62. The molecule has 14 nitrogen and oxygen atoms in total.